The minimum atomic E-state index is 0.273. The predicted octanol–water partition coefficient (Wildman–Crippen LogP) is 2.82. The topological polar surface area (TPSA) is 38.0 Å². The second kappa shape index (κ2) is 5.50. The van der Waals surface area contributed by atoms with Gasteiger partial charge < -0.3 is 11.1 Å². The molecule has 0 saturated heterocycles. The Morgan fingerprint density at radius 3 is 2.12 bits per heavy atom. The summed E-state index contributed by atoms with van der Waals surface area (Å²) >= 11 is 0. The van der Waals surface area contributed by atoms with Crippen LogP contribution in [0.4, 0.5) is 0 Å². The Hall–Kier alpha value is -0.0800. The lowest BCUT2D eigenvalue weighted by Crippen LogP contribution is -2.56. The van der Waals surface area contributed by atoms with Crippen LogP contribution in [0.5, 0.6) is 0 Å². The van der Waals surface area contributed by atoms with Crippen molar-refractivity contribution >= 4 is 0 Å². The van der Waals surface area contributed by atoms with E-state index in [0.717, 1.165) is 18.5 Å². The van der Waals surface area contributed by atoms with Crippen molar-refractivity contribution in [1.82, 2.24) is 5.32 Å². The Balaban J connectivity index is 1.92. The summed E-state index contributed by atoms with van der Waals surface area (Å²) in [6.07, 6.45) is 12.4. The lowest BCUT2D eigenvalue weighted by molar-refractivity contribution is 0.234. The average molecular weight is 224 g/mol. The molecule has 0 aromatic rings. The van der Waals surface area contributed by atoms with Crippen LogP contribution in [0.1, 0.15) is 64.7 Å². The normalized spacial score (nSPS) is 27.4. The Morgan fingerprint density at radius 2 is 1.69 bits per heavy atom. The highest BCUT2D eigenvalue weighted by atomic mass is 15.0. The first kappa shape index (κ1) is 12.4. The van der Waals surface area contributed by atoms with Crippen molar-refractivity contribution < 1.29 is 0 Å². The molecular weight excluding hydrogens is 196 g/mol. The maximum Gasteiger partial charge on any atom is 0.0332 e. The van der Waals surface area contributed by atoms with Crippen LogP contribution in [-0.4, -0.2) is 18.1 Å². The van der Waals surface area contributed by atoms with Gasteiger partial charge in [0.05, 0.1) is 0 Å². The fraction of sp³-hybridized carbons (Fsp3) is 1.00. The van der Waals surface area contributed by atoms with Crippen LogP contribution in [0.3, 0.4) is 0 Å². The summed E-state index contributed by atoms with van der Waals surface area (Å²) in [4.78, 5) is 0. The summed E-state index contributed by atoms with van der Waals surface area (Å²) in [5, 5.41) is 3.95. The van der Waals surface area contributed by atoms with Gasteiger partial charge in [-0.2, -0.15) is 0 Å². The Morgan fingerprint density at radius 1 is 1.06 bits per heavy atom. The maximum absolute atomic E-state index is 6.05. The van der Waals surface area contributed by atoms with E-state index in [1.807, 2.05) is 0 Å². The van der Waals surface area contributed by atoms with Gasteiger partial charge >= 0.3 is 0 Å². The number of hydrogen-bond donors (Lipinski definition) is 2. The van der Waals surface area contributed by atoms with Gasteiger partial charge in [0.15, 0.2) is 0 Å². The number of rotatable bonds is 5. The van der Waals surface area contributed by atoms with Gasteiger partial charge in [0.25, 0.3) is 0 Å². The lowest BCUT2D eigenvalue weighted by Gasteiger charge is -2.37. The molecule has 1 unspecified atom stereocenters. The molecule has 1 atom stereocenters. The molecule has 16 heavy (non-hydrogen) atoms. The van der Waals surface area contributed by atoms with Crippen molar-refractivity contribution in [3.63, 3.8) is 0 Å². The molecule has 2 saturated carbocycles. The molecule has 0 radical (unpaired) electrons. The Kier molecular flexibility index (Phi) is 4.26. The van der Waals surface area contributed by atoms with Crippen molar-refractivity contribution in [3.8, 4) is 0 Å². The summed E-state index contributed by atoms with van der Waals surface area (Å²) in [6.45, 7) is 3.12. The van der Waals surface area contributed by atoms with Crippen LogP contribution in [0.15, 0.2) is 0 Å². The summed E-state index contributed by atoms with van der Waals surface area (Å²) in [6, 6.07) is 0.742. The second-order valence-electron chi connectivity index (χ2n) is 5.82. The summed E-state index contributed by atoms with van der Waals surface area (Å²) in [5.41, 5.74) is 6.33. The van der Waals surface area contributed by atoms with E-state index in [0.29, 0.717) is 0 Å². The van der Waals surface area contributed by atoms with Gasteiger partial charge in [0.2, 0.25) is 0 Å². The standard InChI is InChI=1S/C14H28N2/c1-2-14(11-15,12-9-10-12)16-13-7-5-3-4-6-8-13/h12-13,16H,2-11,15H2,1H3. The van der Waals surface area contributed by atoms with Gasteiger partial charge in [-0.05, 0) is 38.0 Å². The van der Waals surface area contributed by atoms with Crippen LogP contribution in [0.25, 0.3) is 0 Å². The van der Waals surface area contributed by atoms with E-state index in [1.165, 1.54) is 57.8 Å². The van der Waals surface area contributed by atoms with Gasteiger partial charge in [0, 0.05) is 18.1 Å². The maximum atomic E-state index is 6.05. The van der Waals surface area contributed by atoms with Crippen LogP contribution < -0.4 is 11.1 Å². The lowest BCUT2D eigenvalue weighted by atomic mass is 9.88. The highest BCUT2D eigenvalue weighted by Gasteiger charge is 2.43. The Labute approximate surface area is 100 Å². The third-order valence-corrected chi connectivity index (χ3v) is 4.70. The highest BCUT2D eigenvalue weighted by molar-refractivity contribution is 5.02. The van der Waals surface area contributed by atoms with Crippen molar-refractivity contribution in [1.29, 1.82) is 0 Å². The smallest absolute Gasteiger partial charge is 0.0332 e. The molecule has 2 heteroatoms. The molecule has 2 fully saturated rings. The third kappa shape index (κ3) is 2.78. The van der Waals surface area contributed by atoms with Gasteiger partial charge in [-0.3, -0.25) is 0 Å². The molecule has 0 heterocycles. The molecule has 2 aliphatic carbocycles. The first-order valence-electron chi connectivity index (χ1n) is 7.28. The zero-order valence-corrected chi connectivity index (χ0v) is 10.8. The van der Waals surface area contributed by atoms with Gasteiger partial charge in [-0.15, -0.1) is 0 Å². The highest BCUT2D eigenvalue weighted by Crippen LogP contribution is 2.41. The SMILES string of the molecule is CCC(CN)(NC1CCCCCC1)C1CC1. The van der Waals surface area contributed by atoms with E-state index in [2.05, 4.69) is 12.2 Å². The molecule has 2 aliphatic rings. The van der Waals surface area contributed by atoms with Crippen molar-refractivity contribution in [2.75, 3.05) is 6.54 Å². The summed E-state index contributed by atoms with van der Waals surface area (Å²) in [5.74, 6) is 0.866. The van der Waals surface area contributed by atoms with Crippen molar-refractivity contribution in [2.45, 2.75) is 76.3 Å². The molecule has 0 bridgehead atoms. The first-order chi connectivity index (χ1) is 7.80. The van der Waals surface area contributed by atoms with Gasteiger partial charge in [0.1, 0.15) is 0 Å². The average Bonchev–Trinajstić information content (AvgIpc) is 3.13. The largest absolute Gasteiger partial charge is 0.329 e. The monoisotopic (exact) mass is 224 g/mol. The van der Waals surface area contributed by atoms with Crippen LogP contribution in [-0.2, 0) is 0 Å². The van der Waals surface area contributed by atoms with Crippen molar-refractivity contribution in [3.05, 3.63) is 0 Å². The van der Waals surface area contributed by atoms with E-state index in [1.54, 1.807) is 0 Å². The van der Waals surface area contributed by atoms with E-state index in [4.69, 9.17) is 5.73 Å². The second-order valence-corrected chi connectivity index (χ2v) is 5.82. The van der Waals surface area contributed by atoms with Crippen molar-refractivity contribution in [2.24, 2.45) is 11.7 Å². The number of hydrogen-bond acceptors (Lipinski definition) is 2. The zero-order valence-electron chi connectivity index (χ0n) is 10.8. The summed E-state index contributed by atoms with van der Waals surface area (Å²) < 4.78 is 0. The minimum Gasteiger partial charge on any atom is -0.329 e. The van der Waals surface area contributed by atoms with Crippen LogP contribution >= 0.6 is 0 Å². The third-order valence-electron chi connectivity index (χ3n) is 4.70. The molecule has 2 nitrogen and oxygen atoms in total. The molecule has 0 amide bonds. The van der Waals surface area contributed by atoms with E-state index in [-0.39, 0.29) is 5.54 Å². The molecule has 94 valence electrons. The fourth-order valence-corrected chi connectivity index (χ4v) is 3.34. The first-order valence-corrected chi connectivity index (χ1v) is 7.28. The van der Waals surface area contributed by atoms with Gasteiger partial charge in [-0.1, -0.05) is 32.6 Å². The zero-order chi connectivity index (χ0) is 11.4. The number of nitrogens with one attached hydrogen (secondary N) is 1. The molecular formula is C14H28N2. The molecule has 3 N–H and O–H groups in total. The van der Waals surface area contributed by atoms with Crippen LogP contribution in [0, 0.1) is 5.92 Å². The molecule has 2 rings (SSSR count). The minimum absolute atomic E-state index is 0.273. The van der Waals surface area contributed by atoms with E-state index in [9.17, 15) is 0 Å². The van der Waals surface area contributed by atoms with Crippen LogP contribution in [0.2, 0.25) is 0 Å². The number of nitrogens with two attached hydrogens (primary N) is 1. The van der Waals surface area contributed by atoms with Gasteiger partial charge in [-0.25, -0.2) is 0 Å². The van der Waals surface area contributed by atoms with E-state index < -0.39 is 0 Å². The molecule has 0 aromatic heterocycles. The predicted molar refractivity (Wildman–Crippen MR) is 69.4 cm³/mol. The molecule has 0 aliphatic heterocycles. The Bertz CT molecular complexity index is 199. The fourth-order valence-electron chi connectivity index (χ4n) is 3.34. The summed E-state index contributed by atoms with van der Waals surface area (Å²) in [7, 11) is 0. The molecule has 0 aromatic carbocycles. The van der Waals surface area contributed by atoms with E-state index >= 15 is 0 Å². The molecule has 0 spiro atoms. The quantitative estimate of drug-likeness (QED) is 0.705.